The fourth-order valence-corrected chi connectivity index (χ4v) is 2.99. The molecule has 1 fully saturated rings. The first-order valence-electron chi connectivity index (χ1n) is 6.31. The van der Waals surface area contributed by atoms with Gasteiger partial charge in [0.1, 0.15) is 0 Å². The second kappa shape index (κ2) is 4.14. The normalized spacial score (nSPS) is 20.5. The molecule has 2 N–H and O–H groups in total. The number of nitrogens with one attached hydrogen (secondary N) is 1. The number of fused-ring (bicyclic) bond motifs is 1. The van der Waals surface area contributed by atoms with Crippen LogP contribution in [0, 0.1) is 0 Å². The smallest absolute Gasteiger partial charge is 0.356 e. The van der Waals surface area contributed by atoms with Crippen molar-refractivity contribution >= 4 is 5.97 Å². The molecule has 0 saturated carbocycles. The van der Waals surface area contributed by atoms with Crippen molar-refractivity contribution in [2.45, 2.75) is 38.1 Å². The molecular weight excluding hydrogens is 218 g/mol. The van der Waals surface area contributed by atoms with Crippen LogP contribution in [0.2, 0.25) is 0 Å². The molecule has 17 heavy (non-hydrogen) atoms. The van der Waals surface area contributed by atoms with Crippen molar-refractivity contribution < 1.29 is 9.90 Å². The third kappa shape index (κ3) is 1.74. The summed E-state index contributed by atoms with van der Waals surface area (Å²) in [6.07, 6.45) is 5.03. The predicted octanol–water partition coefficient (Wildman–Crippen LogP) is 0.994. The summed E-state index contributed by atoms with van der Waals surface area (Å²) in [7, 11) is 0. The summed E-state index contributed by atoms with van der Waals surface area (Å²) in [4.78, 5) is 11.2. The molecule has 1 aromatic rings. The Morgan fingerprint density at radius 1 is 1.35 bits per heavy atom. The second-order valence-corrected chi connectivity index (χ2v) is 4.86. The number of aromatic carboxylic acids is 1. The molecule has 1 saturated heterocycles. The summed E-state index contributed by atoms with van der Waals surface area (Å²) in [5.74, 6) is -0.879. The maximum Gasteiger partial charge on any atom is 0.356 e. The van der Waals surface area contributed by atoms with Crippen molar-refractivity contribution in [1.29, 1.82) is 0 Å². The Morgan fingerprint density at radius 3 is 2.82 bits per heavy atom. The Bertz CT molecular complexity index is 447. The van der Waals surface area contributed by atoms with Gasteiger partial charge in [-0.05, 0) is 45.2 Å². The van der Waals surface area contributed by atoms with E-state index in [-0.39, 0.29) is 5.69 Å². The third-order valence-electron chi connectivity index (χ3n) is 3.82. The van der Waals surface area contributed by atoms with Crippen LogP contribution in [0.1, 0.15) is 47.1 Å². The monoisotopic (exact) mass is 235 g/mol. The zero-order valence-corrected chi connectivity index (χ0v) is 9.78. The summed E-state index contributed by atoms with van der Waals surface area (Å²) in [5, 5.41) is 16.8. The summed E-state index contributed by atoms with van der Waals surface area (Å²) in [5.41, 5.74) is 2.45. The molecule has 0 radical (unpaired) electrons. The fourth-order valence-electron chi connectivity index (χ4n) is 2.99. The molecule has 0 amide bonds. The van der Waals surface area contributed by atoms with Crippen molar-refractivity contribution in [3.63, 3.8) is 0 Å². The van der Waals surface area contributed by atoms with Crippen molar-refractivity contribution in [2.75, 3.05) is 13.1 Å². The lowest BCUT2D eigenvalue weighted by Crippen LogP contribution is -2.30. The van der Waals surface area contributed by atoms with E-state index in [2.05, 4.69) is 10.4 Å². The lowest BCUT2D eigenvalue weighted by Gasteiger charge is -2.24. The number of hydrogen-bond acceptors (Lipinski definition) is 3. The van der Waals surface area contributed by atoms with Gasteiger partial charge in [-0.25, -0.2) is 4.79 Å². The lowest BCUT2D eigenvalue weighted by molar-refractivity contribution is 0.0687. The highest BCUT2D eigenvalue weighted by molar-refractivity contribution is 5.87. The number of rotatable bonds is 2. The predicted molar refractivity (Wildman–Crippen MR) is 62.4 cm³/mol. The topological polar surface area (TPSA) is 67.1 Å². The molecule has 5 nitrogen and oxygen atoms in total. The molecule has 1 aliphatic carbocycles. The first-order chi connectivity index (χ1) is 8.27. The molecule has 0 bridgehead atoms. The van der Waals surface area contributed by atoms with Gasteiger partial charge < -0.3 is 10.4 Å². The highest BCUT2D eigenvalue weighted by atomic mass is 16.4. The van der Waals surface area contributed by atoms with Crippen LogP contribution in [0.15, 0.2) is 0 Å². The average molecular weight is 235 g/mol. The number of nitrogens with zero attached hydrogens (tertiary/aromatic N) is 2. The maximum atomic E-state index is 11.2. The van der Waals surface area contributed by atoms with Gasteiger partial charge >= 0.3 is 5.97 Å². The number of carbonyl (C=O) groups is 1. The minimum Gasteiger partial charge on any atom is -0.476 e. The number of hydrogen-bond donors (Lipinski definition) is 2. The van der Waals surface area contributed by atoms with Gasteiger partial charge in [-0.2, -0.15) is 5.10 Å². The summed E-state index contributed by atoms with van der Waals surface area (Å²) in [6, 6.07) is 0.385. The van der Waals surface area contributed by atoms with Crippen LogP contribution >= 0.6 is 0 Å². The van der Waals surface area contributed by atoms with Gasteiger partial charge in [0.05, 0.1) is 6.04 Å². The van der Waals surface area contributed by atoms with Gasteiger partial charge in [-0.15, -0.1) is 0 Å². The van der Waals surface area contributed by atoms with E-state index >= 15 is 0 Å². The largest absolute Gasteiger partial charge is 0.476 e. The van der Waals surface area contributed by atoms with E-state index in [1.54, 1.807) is 0 Å². The van der Waals surface area contributed by atoms with Crippen molar-refractivity contribution in [3.05, 3.63) is 17.0 Å². The van der Waals surface area contributed by atoms with Crippen LogP contribution in [0.25, 0.3) is 0 Å². The first kappa shape index (κ1) is 10.8. The summed E-state index contributed by atoms with van der Waals surface area (Å²) >= 11 is 0. The van der Waals surface area contributed by atoms with E-state index in [4.69, 9.17) is 0 Å². The van der Waals surface area contributed by atoms with Crippen LogP contribution in [-0.4, -0.2) is 33.9 Å². The summed E-state index contributed by atoms with van der Waals surface area (Å²) < 4.78 is 2.01. The maximum absolute atomic E-state index is 11.2. The summed E-state index contributed by atoms with van der Waals surface area (Å²) in [6.45, 7) is 2.00. The number of carboxylic acids is 1. The van der Waals surface area contributed by atoms with Gasteiger partial charge in [0.2, 0.25) is 0 Å². The van der Waals surface area contributed by atoms with E-state index in [0.29, 0.717) is 6.04 Å². The van der Waals surface area contributed by atoms with Gasteiger partial charge in [0.25, 0.3) is 0 Å². The molecule has 1 aromatic heterocycles. The van der Waals surface area contributed by atoms with E-state index < -0.39 is 5.97 Å². The number of aromatic nitrogens is 2. The highest BCUT2D eigenvalue weighted by Gasteiger charge is 2.29. The Kier molecular flexibility index (Phi) is 2.63. The zero-order chi connectivity index (χ0) is 11.8. The van der Waals surface area contributed by atoms with Crippen LogP contribution in [0.3, 0.4) is 0 Å². The van der Waals surface area contributed by atoms with E-state index in [0.717, 1.165) is 50.8 Å². The van der Waals surface area contributed by atoms with Gasteiger partial charge in [0.15, 0.2) is 5.69 Å². The van der Waals surface area contributed by atoms with Crippen molar-refractivity contribution in [3.8, 4) is 0 Å². The molecule has 5 heteroatoms. The third-order valence-corrected chi connectivity index (χ3v) is 3.82. The molecule has 1 aliphatic heterocycles. The minimum absolute atomic E-state index is 0.288. The molecule has 3 rings (SSSR count). The Labute approximate surface area is 99.8 Å². The highest BCUT2D eigenvalue weighted by Crippen LogP contribution is 2.30. The number of piperidine rings is 1. The van der Waals surface area contributed by atoms with Crippen LogP contribution < -0.4 is 5.32 Å². The molecule has 2 heterocycles. The Balaban J connectivity index is 1.99. The fraction of sp³-hybridized carbons (Fsp3) is 0.667. The standard InChI is InChI=1S/C12H17N3O2/c16-12(17)11-9-2-1-3-10(9)15(14-11)8-4-6-13-7-5-8/h8,13H,1-7H2,(H,16,17). The minimum atomic E-state index is -0.879. The molecule has 0 aromatic carbocycles. The van der Waals surface area contributed by atoms with Crippen LogP contribution in [0.4, 0.5) is 0 Å². The molecular formula is C12H17N3O2. The molecule has 0 unspecified atom stereocenters. The second-order valence-electron chi connectivity index (χ2n) is 4.86. The van der Waals surface area contributed by atoms with Crippen LogP contribution in [-0.2, 0) is 12.8 Å². The SMILES string of the molecule is O=C(O)c1nn(C2CCNCC2)c2c1CCC2. The van der Waals surface area contributed by atoms with Gasteiger partial charge in [-0.1, -0.05) is 0 Å². The molecule has 92 valence electrons. The van der Waals surface area contributed by atoms with E-state index in [1.165, 1.54) is 5.69 Å². The molecule has 0 spiro atoms. The molecule has 2 aliphatic rings. The van der Waals surface area contributed by atoms with Gasteiger partial charge in [0, 0.05) is 11.3 Å². The number of carboxylic acid groups (broad SMARTS) is 1. The average Bonchev–Trinajstić information content (AvgIpc) is 2.90. The van der Waals surface area contributed by atoms with E-state index in [9.17, 15) is 9.90 Å². The zero-order valence-electron chi connectivity index (χ0n) is 9.78. The van der Waals surface area contributed by atoms with Crippen LogP contribution in [0.5, 0.6) is 0 Å². The molecule has 0 atom stereocenters. The Hall–Kier alpha value is -1.36. The van der Waals surface area contributed by atoms with Crippen molar-refractivity contribution in [1.82, 2.24) is 15.1 Å². The van der Waals surface area contributed by atoms with E-state index in [1.807, 2.05) is 4.68 Å². The quantitative estimate of drug-likeness (QED) is 0.802. The lowest BCUT2D eigenvalue weighted by atomic mass is 10.1. The van der Waals surface area contributed by atoms with Gasteiger partial charge in [-0.3, -0.25) is 4.68 Å². The van der Waals surface area contributed by atoms with Crippen molar-refractivity contribution in [2.24, 2.45) is 0 Å². The first-order valence-corrected chi connectivity index (χ1v) is 6.31. The Morgan fingerprint density at radius 2 is 2.12 bits per heavy atom.